The van der Waals surface area contributed by atoms with Crippen LogP contribution in [-0.4, -0.2) is 24.3 Å². The zero-order valence-electron chi connectivity index (χ0n) is 11.9. The number of aromatic carboxylic acids is 1. The third-order valence-corrected chi connectivity index (χ3v) is 3.78. The van der Waals surface area contributed by atoms with Crippen molar-refractivity contribution < 1.29 is 19.4 Å². The summed E-state index contributed by atoms with van der Waals surface area (Å²) in [7, 11) is 1.48. The van der Waals surface area contributed by atoms with Crippen LogP contribution in [0.1, 0.15) is 54.4 Å². The molecule has 0 aromatic heterocycles. The van der Waals surface area contributed by atoms with Crippen molar-refractivity contribution in [2.45, 2.75) is 51.2 Å². The maximum Gasteiger partial charge on any atom is 0.339 e. The Morgan fingerprint density at radius 1 is 1.25 bits per heavy atom. The molecule has 0 amide bonds. The molecule has 1 aromatic rings. The molecular weight excluding hydrogens is 256 g/mol. The maximum atomic E-state index is 11.0. The molecule has 0 unspecified atom stereocenters. The zero-order valence-corrected chi connectivity index (χ0v) is 11.9. The van der Waals surface area contributed by atoms with E-state index in [9.17, 15) is 4.79 Å². The van der Waals surface area contributed by atoms with E-state index in [-0.39, 0.29) is 5.56 Å². The van der Waals surface area contributed by atoms with Crippen molar-refractivity contribution in [1.29, 1.82) is 0 Å². The van der Waals surface area contributed by atoms with Crippen LogP contribution in [-0.2, 0) is 11.3 Å². The molecule has 1 N–H and O–H groups in total. The van der Waals surface area contributed by atoms with Crippen LogP contribution in [0.15, 0.2) is 18.2 Å². The summed E-state index contributed by atoms with van der Waals surface area (Å²) in [6.07, 6.45) is 7.69. The summed E-state index contributed by atoms with van der Waals surface area (Å²) >= 11 is 0. The molecule has 1 fully saturated rings. The van der Waals surface area contributed by atoms with E-state index >= 15 is 0 Å². The fourth-order valence-electron chi connectivity index (χ4n) is 2.62. The van der Waals surface area contributed by atoms with Gasteiger partial charge in [-0.1, -0.05) is 31.7 Å². The summed E-state index contributed by atoms with van der Waals surface area (Å²) in [6.45, 7) is 0.515. The number of carbonyl (C=O) groups is 1. The van der Waals surface area contributed by atoms with Crippen molar-refractivity contribution in [3.63, 3.8) is 0 Å². The van der Waals surface area contributed by atoms with Gasteiger partial charge in [-0.05, 0) is 30.5 Å². The fraction of sp³-hybridized carbons (Fsp3) is 0.562. The number of carboxylic acids is 1. The van der Waals surface area contributed by atoms with Crippen molar-refractivity contribution >= 4 is 5.97 Å². The van der Waals surface area contributed by atoms with Crippen LogP contribution < -0.4 is 4.74 Å². The first kappa shape index (κ1) is 14.9. The third-order valence-electron chi connectivity index (χ3n) is 3.78. The molecular formula is C16H22O4. The first-order valence-electron chi connectivity index (χ1n) is 7.22. The van der Waals surface area contributed by atoms with E-state index < -0.39 is 5.97 Å². The molecule has 4 nitrogen and oxygen atoms in total. The highest BCUT2D eigenvalue weighted by atomic mass is 16.5. The molecule has 4 heteroatoms. The summed E-state index contributed by atoms with van der Waals surface area (Å²) in [4.78, 5) is 11.0. The maximum absolute atomic E-state index is 11.0. The second-order valence-corrected chi connectivity index (χ2v) is 5.26. The van der Waals surface area contributed by atoms with Crippen molar-refractivity contribution in [1.82, 2.24) is 0 Å². The lowest BCUT2D eigenvalue weighted by Crippen LogP contribution is -2.11. The van der Waals surface area contributed by atoms with E-state index in [1.165, 1.54) is 32.8 Å². The molecule has 0 heterocycles. The number of hydrogen-bond donors (Lipinski definition) is 1. The Labute approximate surface area is 119 Å². The fourth-order valence-corrected chi connectivity index (χ4v) is 2.62. The standard InChI is InChI=1S/C16H22O4/c1-19-15-10-12(8-9-14(15)16(17)18)11-20-13-6-4-2-3-5-7-13/h8-10,13H,2-7,11H2,1H3,(H,17,18). The van der Waals surface area contributed by atoms with E-state index in [4.69, 9.17) is 14.6 Å². The first-order valence-corrected chi connectivity index (χ1v) is 7.22. The molecule has 20 heavy (non-hydrogen) atoms. The van der Waals surface area contributed by atoms with Crippen LogP contribution in [0.5, 0.6) is 5.75 Å². The SMILES string of the molecule is COc1cc(COC2CCCCCC2)ccc1C(=O)O. The van der Waals surface area contributed by atoms with Crippen LogP contribution in [0.3, 0.4) is 0 Å². The predicted molar refractivity (Wildman–Crippen MR) is 76.2 cm³/mol. The molecule has 1 saturated carbocycles. The summed E-state index contributed by atoms with van der Waals surface area (Å²) in [5, 5.41) is 9.04. The summed E-state index contributed by atoms with van der Waals surface area (Å²) < 4.78 is 11.1. The minimum absolute atomic E-state index is 0.186. The van der Waals surface area contributed by atoms with Crippen LogP contribution in [0, 0.1) is 0 Å². The van der Waals surface area contributed by atoms with Gasteiger partial charge in [0.25, 0.3) is 0 Å². The van der Waals surface area contributed by atoms with Crippen LogP contribution in [0.25, 0.3) is 0 Å². The Morgan fingerprint density at radius 3 is 2.55 bits per heavy atom. The molecule has 0 atom stereocenters. The lowest BCUT2D eigenvalue weighted by molar-refractivity contribution is 0.0308. The van der Waals surface area contributed by atoms with Gasteiger partial charge in [0, 0.05) is 0 Å². The quantitative estimate of drug-likeness (QED) is 0.836. The number of rotatable bonds is 5. The highest BCUT2D eigenvalue weighted by Crippen LogP contribution is 2.23. The molecule has 1 aromatic carbocycles. The van der Waals surface area contributed by atoms with Gasteiger partial charge in [0.2, 0.25) is 0 Å². The molecule has 1 aliphatic carbocycles. The molecule has 0 spiro atoms. The topological polar surface area (TPSA) is 55.8 Å². The smallest absolute Gasteiger partial charge is 0.339 e. The van der Waals surface area contributed by atoms with Gasteiger partial charge in [0.1, 0.15) is 11.3 Å². The van der Waals surface area contributed by atoms with Crippen molar-refractivity contribution in [3.05, 3.63) is 29.3 Å². The van der Waals surface area contributed by atoms with Crippen molar-refractivity contribution in [3.8, 4) is 5.75 Å². The number of carboxylic acid groups (broad SMARTS) is 1. The highest BCUT2D eigenvalue weighted by molar-refractivity contribution is 5.90. The Morgan fingerprint density at radius 2 is 1.95 bits per heavy atom. The Bertz CT molecular complexity index is 448. The van der Waals surface area contributed by atoms with Gasteiger partial charge in [0.15, 0.2) is 0 Å². The molecule has 0 saturated heterocycles. The number of hydrogen-bond acceptors (Lipinski definition) is 3. The van der Waals surface area contributed by atoms with Crippen molar-refractivity contribution in [2.24, 2.45) is 0 Å². The average molecular weight is 278 g/mol. The number of ether oxygens (including phenoxy) is 2. The van der Waals surface area contributed by atoms with Gasteiger partial charge in [-0.2, -0.15) is 0 Å². The van der Waals surface area contributed by atoms with Crippen LogP contribution >= 0.6 is 0 Å². The van der Waals surface area contributed by atoms with E-state index in [0.29, 0.717) is 18.5 Å². The van der Waals surface area contributed by atoms with Crippen molar-refractivity contribution in [2.75, 3.05) is 7.11 Å². The summed E-state index contributed by atoms with van der Waals surface area (Å²) in [5.74, 6) is -0.586. The molecule has 0 radical (unpaired) electrons. The lowest BCUT2D eigenvalue weighted by Gasteiger charge is -2.16. The minimum atomic E-state index is -0.974. The predicted octanol–water partition coefficient (Wildman–Crippen LogP) is 3.63. The van der Waals surface area contributed by atoms with E-state index in [2.05, 4.69) is 0 Å². The minimum Gasteiger partial charge on any atom is -0.496 e. The molecule has 110 valence electrons. The van der Waals surface area contributed by atoms with Gasteiger partial charge < -0.3 is 14.6 Å². The normalized spacial score (nSPS) is 16.6. The van der Waals surface area contributed by atoms with Crippen LogP contribution in [0.2, 0.25) is 0 Å². The second-order valence-electron chi connectivity index (χ2n) is 5.26. The second kappa shape index (κ2) is 7.29. The van der Waals surface area contributed by atoms with Gasteiger partial charge in [-0.15, -0.1) is 0 Å². The lowest BCUT2D eigenvalue weighted by atomic mass is 10.1. The Kier molecular flexibility index (Phi) is 5.41. The Hall–Kier alpha value is -1.55. The number of benzene rings is 1. The highest BCUT2D eigenvalue weighted by Gasteiger charge is 2.14. The van der Waals surface area contributed by atoms with E-state index in [1.807, 2.05) is 0 Å². The first-order chi connectivity index (χ1) is 9.70. The summed E-state index contributed by atoms with van der Waals surface area (Å²) in [5.41, 5.74) is 1.14. The average Bonchev–Trinajstić information content (AvgIpc) is 2.73. The molecule has 1 aliphatic rings. The third kappa shape index (κ3) is 3.97. The van der Waals surface area contributed by atoms with E-state index in [0.717, 1.165) is 18.4 Å². The van der Waals surface area contributed by atoms with Gasteiger partial charge in [-0.3, -0.25) is 0 Å². The van der Waals surface area contributed by atoms with Gasteiger partial charge >= 0.3 is 5.97 Å². The number of methoxy groups -OCH3 is 1. The van der Waals surface area contributed by atoms with E-state index in [1.54, 1.807) is 18.2 Å². The molecule has 0 aliphatic heterocycles. The monoisotopic (exact) mass is 278 g/mol. The summed E-state index contributed by atoms with van der Waals surface area (Å²) in [6, 6.07) is 5.12. The van der Waals surface area contributed by atoms with Gasteiger partial charge in [-0.25, -0.2) is 4.79 Å². The van der Waals surface area contributed by atoms with Crippen LogP contribution in [0.4, 0.5) is 0 Å². The Balaban J connectivity index is 1.97. The zero-order chi connectivity index (χ0) is 14.4. The molecule has 2 rings (SSSR count). The van der Waals surface area contributed by atoms with Gasteiger partial charge in [0.05, 0.1) is 19.8 Å². The largest absolute Gasteiger partial charge is 0.496 e. The molecule has 0 bridgehead atoms.